The third kappa shape index (κ3) is 6.69. The normalized spacial score (nSPS) is 14.6. The van der Waals surface area contributed by atoms with Gasteiger partial charge in [-0.1, -0.05) is 30.7 Å². The SMILES string of the molecule is CCCOc1c(Cl)cccc1CN(C)C(=O)/C=C/c1cnc2c(c1)CNC(C)(C)C(=O)N2.Cl. The van der Waals surface area contributed by atoms with E-state index < -0.39 is 5.54 Å². The third-order valence-corrected chi connectivity index (χ3v) is 5.51. The van der Waals surface area contributed by atoms with Crippen LogP contribution in [0.25, 0.3) is 6.08 Å². The molecule has 178 valence electrons. The van der Waals surface area contributed by atoms with E-state index in [9.17, 15) is 9.59 Å². The van der Waals surface area contributed by atoms with Crippen LogP contribution in [-0.2, 0) is 22.7 Å². The topological polar surface area (TPSA) is 83.6 Å². The highest BCUT2D eigenvalue weighted by atomic mass is 35.5. The Balaban J connectivity index is 0.00000385. The highest BCUT2D eigenvalue weighted by Crippen LogP contribution is 2.30. The zero-order chi connectivity index (χ0) is 23.3. The number of carbonyl (C=O) groups is 2. The van der Waals surface area contributed by atoms with Crippen molar-refractivity contribution in [1.82, 2.24) is 15.2 Å². The van der Waals surface area contributed by atoms with Gasteiger partial charge in [-0.2, -0.15) is 0 Å². The van der Waals surface area contributed by atoms with Crippen molar-refractivity contribution in [3.8, 4) is 5.75 Å². The van der Waals surface area contributed by atoms with Crippen LogP contribution in [0.3, 0.4) is 0 Å². The minimum atomic E-state index is -0.685. The Morgan fingerprint density at radius 3 is 2.85 bits per heavy atom. The second-order valence-electron chi connectivity index (χ2n) is 8.31. The van der Waals surface area contributed by atoms with Gasteiger partial charge in [0.15, 0.2) is 0 Å². The van der Waals surface area contributed by atoms with Crippen LogP contribution in [0.15, 0.2) is 36.5 Å². The lowest BCUT2D eigenvalue weighted by atomic mass is 10.1. The largest absolute Gasteiger partial charge is 0.492 e. The molecule has 1 aliphatic heterocycles. The lowest BCUT2D eigenvalue weighted by Crippen LogP contribution is -2.47. The average molecular weight is 493 g/mol. The van der Waals surface area contributed by atoms with Gasteiger partial charge in [0.05, 0.1) is 17.2 Å². The van der Waals surface area contributed by atoms with Gasteiger partial charge in [-0.3, -0.25) is 14.9 Å². The number of nitrogens with one attached hydrogen (secondary N) is 2. The van der Waals surface area contributed by atoms with E-state index >= 15 is 0 Å². The maximum Gasteiger partial charge on any atom is 0.246 e. The van der Waals surface area contributed by atoms with Crippen molar-refractivity contribution in [1.29, 1.82) is 0 Å². The number of hydrogen-bond acceptors (Lipinski definition) is 5. The first kappa shape index (κ1) is 26.6. The molecule has 0 fully saturated rings. The van der Waals surface area contributed by atoms with Crippen molar-refractivity contribution >= 4 is 47.7 Å². The van der Waals surface area contributed by atoms with Gasteiger partial charge in [0.1, 0.15) is 11.6 Å². The lowest BCUT2D eigenvalue weighted by molar-refractivity contribution is -0.125. The molecule has 0 spiro atoms. The number of nitrogens with zero attached hydrogens (tertiary/aromatic N) is 2. The first-order valence-electron chi connectivity index (χ1n) is 10.6. The summed E-state index contributed by atoms with van der Waals surface area (Å²) in [5.74, 6) is 0.863. The van der Waals surface area contributed by atoms with Crippen LogP contribution in [0.5, 0.6) is 5.75 Å². The number of benzene rings is 1. The number of carbonyl (C=O) groups excluding carboxylic acids is 2. The van der Waals surface area contributed by atoms with Crippen LogP contribution in [0, 0.1) is 0 Å². The van der Waals surface area contributed by atoms with Gasteiger partial charge in [0.2, 0.25) is 11.8 Å². The summed E-state index contributed by atoms with van der Waals surface area (Å²) in [6.07, 6.45) is 5.73. The van der Waals surface area contributed by atoms with Crippen molar-refractivity contribution in [2.45, 2.75) is 45.8 Å². The van der Waals surface area contributed by atoms with E-state index in [0.717, 1.165) is 23.1 Å². The molecule has 3 rings (SSSR count). The molecule has 33 heavy (non-hydrogen) atoms. The zero-order valence-electron chi connectivity index (χ0n) is 19.3. The Kier molecular flexibility index (Phi) is 9.28. The predicted octanol–water partition coefficient (Wildman–Crippen LogP) is 4.44. The molecular weight excluding hydrogens is 463 g/mol. The number of rotatable bonds is 7. The van der Waals surface area contributed by atoms with Crippen molar-refractivity contribution in [2.24, 2.45) is 0 Å². The number of fused-ring (bicyclic) bond motifs is 1. The molecule has 1 aromatic carbocycles. The Morgan fingerprint density at radius 1 is 1.36 bits per heavy atom. The maximum absolute atomic E-state index is 12.7. The standard InChI is InChI=1S/C24H29ClN4O3.ClH/c1-5-11-32-21-17(7-6-8-19(21)25)15-29(4)20(30)10-9-16-12-18-14-27-24(2,3)23(31)28-22(18)26-13-16;/h6-10,12-13,27H,5,11,14-15H2,1-4H3,(H,26,28,31);1H/b10-9+;. The summed E-state index contributed by atoms with van der Waals surface area (Å²) < 4.78 is 5.78. The molecule has 2 amide bonds. The molecule has 0 saturated carbocycles. The Hall–Kier alpha value is -2.61. The summed E-state index contributed by atoms with van der Waals surface area (Å²) in [7, 11) is 1.73. The number of aromatic nitrogens is 1. The van der Waals surface area contributed by atoms with E-state index in [4.69, 9.17) is 16.3 Å². The van der Waals surface area contributed by atoms with Crippen LogP contribution in [0.2, 0.25) is 5.02 Å². The Morgan fingerprint density at radius 2 is 2.12 bits per heavy atom. The van der Waals surface area contributed by atoms with Gasteiger partial charge in [0.25, 0.3) is 0 Å². The fraction of sp³-hybridized carbons (Fsp3) is 0.375. The van der Waals surface area contributed by atoms with Gasteiger partial charge in [-0.25, -0.2) is 4.98 Å². The highest BCUT2D eigenvalue weighted by molar-refractivity contribution is 6.32. The average Bonchev–Trinajstić information content (AvgIpc) is 2.87. The van der Waals surface area contributed by atoms with Crippen molar-refractivity contribution in [3.63, 3.8) is 0 Å². The number of anilines is 1. The summed E-state index contributed by atoms with van der Waals surface area (Å²) in [6, 6.07) is 7.44. The van der Waals surface area contributed by atoms with Crippen molar-refractivity contribution < 1.29 is 14.3 Å². The molecule has 9 heteroatoms. The van der Waals surface area contributed by atoms with Gasteiger partial charge >= 0.3 is 0 Å². The number of para-hydroxylation sites is 1. The molecule has 2 heterocycles. The molecule has 7 nitrogen and oxygen atoms in total. The molecule has 1 aromatic heterocycles. The Bertz CT molecular complexity index is 1040. The van der Waals surface area contributed by atoms with Crippen LogP contribution in [-0.4, -0.2) is 40.9 Å². The lowest BCUT2D eigenvalue weighted by Gasteiger charge is -2.21. The maximum atomic E-state index is 12.7. The molecule has 1 aliphatic rings. The van der Waals surface area contributed by atoms with E-state index in [-0.39, 0.29) is 24.2 Å². The van der Waals surface area contributed by atoms with E-state index in [1.54, 1.807) is 30.3 Å². The van der Waals surface area contributed by atoms with Gasteiger partial charge in [0, 0.05) is 43.5 Å². The smallest absolute Gasteiger partial charge is 0.246 e. The molecule has 2 aromatic rings. The first-order valence-corrected chi connectivity index (χ1v) is 11.0. The van der Waals surface area contributed by atoms with Crippen LogP contribution in [0.1, 0.15) is 43.9 Å². The third-order valence-electron chi connectivity index (χ3n) is 5.21. The second kappa shape index (κ2) is 11.5. The highest BCUT2D eigenvalue weighted by Gasteiger charge is 2.30. The number of hydrogen-bond donors (Lipinski definition) is 2. The minimum Gasteiger partial charge on any atom is -0.492 e. The van der Waals surface area contributed by atoms with Crippen LogP contribution >= 0.6 is 24.0 Å². The number of halogens is 2. The predicted molar refractivity (Wildman–Crippen MR) is 134 cm³/mol. The monoisotopic (exact) mass is 492 g/mol. The molecule has 0 saturated heterocycles. The van der Waals surface area contributed by atoms with E-state index in [0.29, 0.717) is 36.3 Å². The van der Waals surface area contributed by atoms with Crippen LogP contribution < -0.4 is 15.4 Å². The molecule has 0 bridgehead atoms. The molecule has 0 unspecified atom stereocenters. The van der Waals surface area contributed by atoms with Crippen LogP contribution in [0.4, 0.5) is 5.82 Å². The molecule has 0 aliphatic carbocycles. The second-order valence-corrected chi connectivity index (χ2v) is 8.72. The number of ether oxygens (including phenoxy) is 1. The summed E-state index contributed by atoms with van der Waals surface area (Å²) >= 11 is 6.28. The summed E-state index contributed by atoms with van der Waals surface area (Å²) in [4.78, 5) is 30.9. The minimum absolute atomic E-state index is 0. The van der Waals surface area contributed by atoms with E-state index in [1.807, 2.05) is 39.0 Å². The molecule has 2 N–H and O–H groups in total. The van der Waals surface area contributed by atoms with Gasteiger partial charge in [-0.15, -0.1) is 12.4 Å². The summed E-state index contributed by atoms with van der Waals surface area (Å²) in [5, 5.41) is 6.59. The van der Waals surface area contributed by atoms with Crippen molar-refractivity contribution in [3.05, 3.63) is 58.3 Å². The fourth-order valence-electron chi connectivity index (χ4n) is 3.20. The molecule has 0 radical (unpaired) electrons. The molecule has 0 atom stereocenters. The first-order chi connectivity index (χ1) is 15.2. The number of amides is 2. The van der Waals surface area contributed by atoms with E-state index in [2.05, 4.69) is 15.6 Å². The summed E-state index contributed by atoms with van der Waals surface area (Å²) in [5.41, 5.74) is 1.81. The van der Waals surface area contributed by atoms with E-state index in [1.165, 1.54) is 6.08 Å². The number of likely N-dealkylation sites (N-methyl/N-ethyl adjacent to an activating group) is 1. The fourth-order valence-corrected chi connectivity index (χ4v) is 3.45. The zero-order valence-corrected chi connectivity index (χ0v) is 20.8. The quantitative estimate of drug-likeness (QED) is 0.558. The molecular formula is C24H30Cl2N4O3. The van der Waals surface area contributed by atoms with Gasteiger partial charge < -0.3 is 15.0 Å². The van der Waals surface area contributed by atoms with Gasteiger partial charge in [-0.05, 0) is 44.0 Å². The van der Waals surface area contributed by atoms with Crippen molar-refractivity contribution in [2.75, 3.05) is 19.0 Å². The Labute approximate surface area is 206 Å². The number of pyridine rings is 1. The summed E-state index contributed by atoms with van der Waals surface area (Å²) in [6.45, 7) is 7.10.